The van der Waals surface area contributed by atoms with Crippen molar-refractivity contribution in [3.05, 3.63) is 59.2 Å². The van der Waals surface area contributed by atoms with Crippen LogP contribution in [0.1, 0.15) is 46.0 Å². The SMILES string of the molecule is COc1ccc(C(=O)COC(=O)c2ccc(C(C)C)cc2)cc1OC. The Labute approximate surface area is 147 Å². The first-order chi connectivity index (χ1) is 12.0. The van der Waals surface area contributed by atoms with Gasteiger partial charge in [0.2, 0.25) is 0 Å². The third-order valence-corrected chi connectivity index (χ3v) is 3.85. The van der Waals surface area contributed by atoms with E-state index in [0.29, 0.717) is 28.5 Å². The maximum atomic E-state index is 12.2. The molecule has 2 aromatic carbocycles. The van der Waals surface area contributed by atoms with Gasteiger partial charge in [-0.3, -0.25) is 4.79 Å². The van der Waals surface area contributed by atoms with Crippen LogP contribution in [0.25, 0.3) is 0 Å². The molecule has 0 aliphatic carbocycles. The van der Waals surface area contributed by atoms with Crippen LogP contribution in [0.2, 0.25) is 0 Å². The molecule has 2 rings (SSSR count). The van der Waals surface area contributed by atoms with Crippen LogP contribution in [-0.4, -0.2) is 32.6 Å². The smallest absolute Gasteiger partial charge is 0.338 e. The average molecular weight is 342 g/mol. The summed E-state index contributed by atoms with van der Waals surface area (Å²) >= 11 is 0. The van der Waals surface area contributed by atoms with Crippen LogP contribution in [0.5, 0.6) is 11.5 Å². The van der Waals surface area contributed by atoms with E-state index in [0.717, 1.165) is 5.56 Å². The topological polar surface area (TPSA) is 61.8 Å². The summed E-state index contributed by atoms with van der Waals surface area (Å²) in [6, 6.07) is 12.0. The molecular formula is C20H22O5. The monoisotopic (exact) mass is 342 g/mol. The third kappa shape index (κ3) is 4.59. The molecule has 0 N–H and O–H groups in total. The Kier molecular flexibility index (Phi) is 6.17. The van der Waals surface area contributed by atoms with Crippen LogP contribution < -0.4 is 9.47 Å². The molecule has 0 aliphatic heterocycles. The molecule has 0 radical (unpaired) electrons. The minimum Gasteiger partial charge on any atom is -0.493 e. The number of methoxy groups -OCH3 is 2. The lowest BCUT2D eigenvalue weighted by Crippen LogP contribution is -2.14. The number of ketones is 1. The van der Waals surface area contributed by atoms with E-state index < -0.39 is 5.97 Å². The van der Waals surface area contributed by atoms with E-state index in [1.807, 2.05) is 12.1 Å². The van der Waals surface area contributed by atoms with Gasteiger partial charge < -0.3 is 14.2 Å². The summed E-state index contributed by atoms with van der Waals surface area (Å²) in [7, 11) is 3.01. The summed E-state index contributed by atoms with van der Waals surface area (Å²) in [4.78, 5) is 24.3. The van der Waals surface area contributed by atoms with Crippen LogP contribution in [0.15, 0.2) is 42.5 Å². The van der Waals surface area contributed by atoms with Gasteiger partial charge in [-0.25, -0.2) is 4.79 Å². The minimum absolute atomic E-state index is 0.312. The van der Waals surface area contributed by atoms with E-state index in [1.54, 1.807) is 30.3 Å². The summed E-state index contributed by atoms with van der Waals surface area (Å²) < 4.78 is 15.4. The molecule has 5 nitrogen and oxygen atoms in total. The van der Waals surface area contributed by atoms with Gasteiger partial charge in [0.05, 0.1) is 19.8 Å². The first-order valence-electron chi connectivity index (χ1n) is 7.98. The number of hydrogen-bond acceptors (Lipinski definition) is 5. The molecule has 0 aliphatic rings. The maximum Gasteiger partial charge on any atom is 0.338 e. The molecule has 0 saturated heterocycles. The number of carbonyl (C=O) groups excluding carboxylic acids is 2. The highest BCUT2D eigenvalue weighted by Gasteiger charge is 2.14. The van der Waals surface area contributed by atoms with Crippen molar-refractivity contribution in [3.8, 4) is 11.5 Å². The number of benzene rings is 2. The van der Waals surface area contributed by atoms with E-state index in [2.05, 4.69) is 13.8 Å². The van der Waals surface area contributed by atoms with Crippen molar-refractivity contribution < 1.29 is 23.8 Å². The fourth-order valence-electron chi connectivity index (χ4n) is 2.31. The molecule has 0 heterocycles. The van der Waals surface area contributed by atoms with Crippen molar-refractivity contribution in [3.63, 3.8) is 0 Å². The molecule has 0 bridgehead atoms. The van der Waals surface area contributed by atoms with Crippen molar-refractivity contribution in [2.45, 2.75) is 19.8 Å². The molecule has 0 unspecified atom stereocenters. The molecule has 0 spiro atoms. The number of carbonyl (C=O) groups is 2. The quantitative estimate of drug-likeness (QED) is 0.565. The molecule has 25 heavy (non-hydrogen) atoms. The first kappa shape index (κ1) is 18.5. The van der Waals surface area contributed by atoms with Gasteiger partial charge in [-0.05, 0) is 41.8 Å². The van der Waals surface area contributed by atoms with E-state index in [4.69, 9.17) is 14.2 Å². The Hall–Kier alpha value is -2.82. The first-order valence-corrected chi connectivity index (χ1v) is 7.98. The maximum absolute atomic E-state index is 12.2. The highest BCUT2D eigenvalue weighted by Crippen LogP contribution is 2.27. The van der Waals surface area contributed by atoms with Crippen LogP contribution in [0.4, 0.5) is 0 Å². The zero-order chi connectivity index (χ0) is 18.4. The normalized spacial score (nSPS) is 10.4. The summed E-state index contributed by atoms with van der Waals surface area (Å²) in [5.41, 5.74) is 1.95. The number of Topliss-reactive ketones (excluding diaryl/α,β-unsaturated/α-hetero) is 1. The zero-order valence-electron chi connectivity index (χ0n) is 14.9. The Morgan fingerprint density at radius 1 is 0.880 bits per heavy atom. The minimum atomic E-state index is -0.524. The number of rotatable bonds is 7. The van der Waals surface area contributed by atoms with Gasteiger partial charge >= 0.3 is 5.97 Å². The zero-order valence-corrected chi connectivity index (χ0v) is 14.9. The van der Waals surface area contributed by atoms with Gasteiger partial charge in [-0.1, -0.05) is 26.0 Å². The summed E-state index contributed by atoms with van der Waals surface area (Å²) in [5, 5.41) is 0. The van der Waals surface area contributed by atoms with Gasteiger partial charge in [-0.15, -0.1) is 0 Å². The Morgan fingerprint density at radius 2 is 1.48 bits per heavy atom. The fourth-order valence-corrected chi connectivity index (χ4v) is 2.31. The molecular weight excluding hydrogens is 320 g/mol. The summed E-state index contributed by atoms with van der Waals surface area (Å²) in [5.74, 6) is 0.527. The van der Waals surface area contributed by atoms with Gasteiger partial charge in [0, 0.05) is 5.56 Å². The Balaban J connectivity index is 2.00. The standard InChI is InChI=1S/C20H22O5/c1-13(2)14-5-7-15(8-6-14)20(22)25-12-17(21)16-9-10-18(23-3)19(11-16)24-4/h5-11,13H,12H2,1-4H3. The summed E-state index contributed by atoms with van der Waals surface area (Å²) in [6.45, 7) is 3.82. The molecule has 2 aromatic rings. The molecule has 0 amide bonds. The van der Waals surface area contributed by atoms with E-state index in [-0.39, 0.29) is 12.4 Å². The van der Waals surface area contributed by atoms with Crippen molar-refractivity contribution in [2.24, 2.45) is 0 Å². The number of esters is 1. The predicted molar refractivity (Wildman–Crippen MR) is 94.7 cm³/mol. The van der Waals surface area contributed by atoms with Crippen molar-refractivity contribution in [2.75, 3.05) is 20.8 Å². The second-order valence-electron chi connectivity index (χ2n) is 5.85. The Bertz CT molecular complexity index is 747. The average Bonchev–Trinajstić information content (AvgIpc) is 2.65. The van der Waals surface area contributed by atoms with Crippen molar-refractivity contribution >= 4 is 11.8 Å². The number of hydrogen-bond donors (Lipinski definition) is 0. The van der Waals surface area contributed by atoms with Crippen LogP contribution in [0.3, 0.4) is 0 Å². The molecule has 0 saturated carbocycles. The third-order valence-electron chi connectivity index (χ3n) is 3.85. The molecule has 0 atom stereocenters. The lowest BCUT2D eigenvalue weighted by Gasteiger charge is -2.10. The fraction of sp³-hybridized carbons (Fsp3) is 0.300. The van der Waals surface area contributed by atoms with Crippen molar-refractivity contribution in [1.82, 2.24) is 0 Å². The van der Waals surface area contributed by atoms with Crippen molar-refractivity contribution in [1.29, 1.82) is 0 Å². The highest BCUT2D eigenvalue weighted by atomic mass is 16.5. The lowest BCUT2D eigenvalue weighted by atomic mass is 10.0. The van der Waals surface area contributed by atoms with E-state index in [9.17, 15) is 9.59 Å². The molecule has 0 fully saturated rings. The second kappa shape index (κ2) is 8.33. The lowest BCUT2D eigenvalue weighted by molar-refractivity contribution is 0.0474. The van der Waals surface area contributed by atoms with Gasteiger partial charge in [0.1, 0.15) is 0 Å². The molecule has 132 valence electrons. The van der Waals surface area contributed by atoms with Crippen LogP contribution in [-0.2, 0) is 4.74 Å². The van der Waals surface area contributed by atoms with E-state index >= 15 is 0 Å². The highest BCUT2D eigenvalue weighted by molar-refractivity contribution is 5.99. The van der Waals surface area contributed by atoms with Crippen LogP contribution >= 0.6 is 0 Å². The predicted octanol–water partition coefficient (Wildman–Crippen LogP) is 3.87. The van der Waals surface area contributed by atoms with Gasteiger partial charge in [0.25, 0.3) is 0 Å². The van der Waals surface area contributed by atoms with Crippen LogP contribution in [0, 0.1) is 0 Å². The van der Waals surface area contributed by atoms with Gasteiger partial charge in [-0.2, -0.15) is 0 Å². The number of ether oxygens (including phenoxy) is 3. The van der Waals surface area contributed by atoms with E-state index in [1.165, 1.54) is 14.2 Å². The molecule has 5 heteroatoms. The largest absolute Gasteiger partial charge is 0.493 e. The Morgan fingerprint density at radius 3 is 2.04 bits per heavy atom. The second-order valence-corrected chi connectivity index (χ2v) is 5.85. The summed E-state index contributed by atoms with van der Waals surface area (Å²) in [6.07, 6.45) is 0. The van der Waals surface area contributed by atoms with Gasteiger partial charge in [0.15, 0.2) is 23.9 Å². The molecule has 0 aromatic heterocycles.